The zero-order valence-electron chi connectivity index (χ0n) is 12.3. The van der Waals surface area contributed by atoms with Crippen molar-refractivity contribution >= 4 is 59.5 Å². The molecule has 0 unspecified atom stereocenters. The van der Waals surface area contributed by atoms with E-state index < -0.39 is 15.7 Å². The quantitative estimate of drug-likeness (QED) is 0.653. The van der Waals surface area contributed by atoms with Crippen molar-refractivity contribution in [3.05, 3.63) is 51.1 Å². The minimum absolute atomic E-state index is 0.110. The van der Waals surface area contributed by atoms with Crippen LogP contribution in [-0.2, 0) is 9.84 Å². The third kappa shape index (κ3) is 3.92. The van der Waals surface area contributed by atoms with E-state index in [1.165, 1.54) is 23.5 Å². The zero-order valence-corrected chi connectivity index (χ0v) is 16.4. The molecule has 2 aromatic heterocycles. The molecular weight excluding hydrogens is 432 g/mol. The van der Waals surface area contributed by atoms with Crippen molar-refractivity contribution in [2.75, 3.05) is 11.6 Å². The Morgan fingerprint density at radius 2 is 2.04 bits per heavy atom. The minimum Gasteiger partial charge on any atom is -0.298 e. The monoisotopic (exact) mass is 442 g/mol. The third-order valence-electron chi connectivity index (χ3n) is 3.07. The first kappa shape index (κ1) is 17.3. The van der Waals surface area contributed by atoms with Gasteiger partial charge in [-0.05, 0) is 46.3 Å². The van der Waals surface area contributed by atoms with Crippen molar-refractivity contribution in [2.45, 2.75) is 4.90 Å². The van der Waals surface area contributed by atoms with Crippen molar-refractivity contribution in [1.82, 2.24) is 4.98 Å². The molecule has 9 heteroatoms. The molecule has 124 valence electrons. The van der Waals surface area contributed by atoms with Crippen LogP contribution in [0.2, 0.25) is 0 Å². The van der Waals surface area contributed by atoms with Gasteiger partial charge >= 0.3 is 0 Å². The van der Waals surface area contributed by atoms with Crippen LogP contribution >= 0.6 is 38.6 Å². The first-order valence-electron chi connectivity index (χ1n) is 6.65. The van der Waals surface area contributed by atoms with Gasteiger partial charge in [-0.1, -0.05) is 6.07 Å². The number of aromatic nitrogens is 1. The summed E-state index contributed by atoms with van der Waals surface area (Å²) in [6.07, 6.45) is 1.11. The van der Waals surface area contributed by atoms with Crippen LogP contribution in [0.3, 0.4) is 0 Å². The largest absolute Gasteiger partial charge is 0.298 e. The smallest absolute Gasteiger partial charge is 0.257 e. The van der Waals surface area contributed by atoms with Crippen molar-refractivity contribution in [3.8, 4) is 10.6 Å². The van der Waals surface area contributed by atoms with E-state index in [-0.39, 0.29) is 10.5 Å². The highest BCUT2D eigenvalue weighted by atomic mass is 79.9. The Kier molecular flexibility index (Phi) is 4.86. The summed E-state index contributed by atoms with van der Waals surface area (Å²) in [5, 5.41) is 5.02. The van der Waals surface area contributed by atoms with E-state index in [9.17, 15) is 13.2 Å². The average molecular weight is 443 g/mol. The number of sulfone groups is 1. The molecule has 0 spiro atoms. The van der Waals surface area contributed by atoms with Crippen LogP contribution in [0, 0.1) is 0 Å². The fourth-order valence-corrected chi connectivity index (χ4v) is 4.73. The molecule has 0 radical (unpaired) electrons. The third-order valence-corrected chi connectivity index (χ3v) is 6.59. The summed E-state index contributed by atoms with van der Waals surface area (Å²) >= 11 is 6.28. The highest BCUT2D eigenvalue weighted by Gasteiger charge is 2.14. The van der Waals surface area contributed by atoms with Gasteiger partial charge in [0, 0.05) is 17.2 Å². The van der Waals surface area contributed by atoms with Gasteiger partial charge in [-0.3, -0.25) is 10.1 Å². The summed E-state index contributed by atoms with van der Waals surface area (Å²) in [7, 11) is -3.36. The molecule has 5 nitrogen and oxygen atoms in total. The van der Waals surface area contributed by atoms with Crippen LogP contribution in [0.4, 0.5) is 5.13 Å². The second-order valence-electron chi connectivity index (χ2n) is 4.90. The van der Waals surface area contributed by atoms with Crippen molar-refractivity contribution in [3.63, 3.8) is 0 Å². The van der Waals surface area contributed by atoms with Gasteiger partial charge in [0.25, 0.3) is 5.91 Å². The number of halogens is 1. The summed E-state index contributed by atoms with van der Waals surface area (Å²) in [6, 6.07) is 9.81. The molecule has 0 fully saturated rings. The second-order valence-corrected chi connectivity index (χ2v) is 10.2. The molecule has 0 saturated heterocycles. The van der Waals surface area contributed by atoms with Gasteiger partial charge in [-0.2, -0.15) is 0 Å². The molecule has 3 aromatic rings. The van der Waals surface area contributed by atoms with E-state index in [1.54, 1.807) is 23.5 Å². The van der Waals surface area contributed by atoms with Gasteiger partial charge in [0.15, 0.2) is 15.0 Å². The highest BCUT2D eigenvalue weighted by molar-refractivity contribution is 9.11. The number of hydrogen-bond donors (Lipinski definition) is 1. The van der Waals surface area contributed by atoms with E-state index in [1.807, 2.05) is 17.5 Å². The van der Waals surface area contributed by atoms with E-state index in [2.05, 4.69) is 26.2 Å². The first-order valence-corrected chi connectivity index (χ1v) is 11.0. The number of nitrogens with zero attached hydrogens (tertiary/aromatic N) is 1. The van der Waals surface area contributed by atoms with E-state index in [0.29, 0.717) is 5.13 Å². The van der Waals surface area contributed by atoms with Gasteiger partial charge in [-0.15, -0.1) is 22.7 Å². The van der Waals surface area contributed by atoms with Crippen molar-refractivity contribution in [1.29, 1.82) is 0 Å². The molecule has 1 N–H and O–H groups in total. The predicted octanol–water partition coefficient (Wildman–Crippen LogP) is 4.29. The Labute approximate surface area is 155 Å². The maximum absolute atomic E-state index is 12.3. The van der Waals surface area contributed by atoms with Crippen LogP contribution in [-0.4, -0.2) is 25.6 Å². The number of anilines is 1. The van der Waals surface area contributed by atoms with E-state index in [4.69, 9.17) is 0 Å². The van der Waals surface area contributed by atoms with Gasteiger partial charge in [0.2, 0.25) is 0 Å². The molecule has 0 saturated carbocycles. The average Bonchev–Trinajstić information content (AvgIpc) is 3.15. The Balaban J connectivity index is 1.79. The Morgan fingerprint density at radius 1 is 1.25 bits per heavy atom. The fourth-order valence-electron chi connectivity index (χ4n) is 1.93. The molecule has 0 aliphatic heterocycles. The highest BCUT2D eigenvalue weighted by Crippen LogP contribution is 2.33. The van der Waals surface area contributed by atoms with Gasteiger partial charge in [0.1, 0.15) is 0 Å². The number of thiazole rings is 1. The van der Waals surface area contributed by atoms with Crippen LogP contribution in [0.15, 0.2) is 50.5 Å². The Hall–Kier alpha value is -1.55. The van der Waals surface area contributed by atoms with Crippen molar-refractivity contribution < 1.29 is 13.2 Å². The van der Waals surface area contributed by atoms with E-state index in [0.717, 1.165) is 20.6 Å². The fraction of sp³-hybridized carbons (Fsp3) is 0.0667. The number of benzene rings is 1. The summed E-state index contributed by atoms with van der Waals surface area (Å²) in [5.74, 6) is -0.395. The summed E-state index contributed by atoms with van der Waals surface area (Å²) in [5.41, 5.74) is 1.06. The molecule has 24 heavy (non-hydrogen) atoms. The minimum atomic E-state index is -3.36. The summed E-state index contributed by atoms with van der Waals surface area (Å²) in [4.78, 5) is 17.8. The number of carbonyl (C=O) groups excluding carboxylic acids is 1. The number of amides is 1. The topological polar surface area (TPSA) is 76.1 Å². The van der Waals surface area contributed by atoms with Gasteiger partial charge in [0.05, 0.1) is 19.3 Å². The van der Waals surface area contributed by atoms with Gasteiger partial charge in [-0.25, -0.2) is 13.4 Å². The van der Waals surface area contributed by atoms with Gasteiger partial charge < -0.3 is 0 Å². The molecule has 0 aliphatic carbocycles. The van der Waals surface area contributed by atoms with Crippen LogP contribution < -0.4 is 5.32 Å². The first-order chi connectivity index (χ1) is 11.3. The number of rotatable bonds is 4. The molecule has 0 atom stereocenters. The van der Waals surface area contributed by atoms with Crippen molar-refractivity contribution in [2.24, 2.45) is 0 Å². The number of carbonyl (C=O) groups is 1. The number of nitrogens with one attached hydrogen (secondary N) is 1. The molecule has 2 heterocycles. The van der Waals surface area contributed by atoms with Crippen LogP contribution in [0.1, 0.15) is 10.4 Å². The standard InChI is InChI=1S/C15H11BrN2O3S3/c1-24(20,21)10-4-2-3-9(7-10)14(19)18-15-17-11(8-22-15)12-5-6-13(16)23-12/h2-8H,1H3,(H,17,18,19). The van der Waals surface area contributed by atoms with Crippen LogP contribution in [0.25, 0.3) is 10.6 Å². The molecule has 0 aliphatic rings. The number of thiophene rings is 1. The maximum Gasteiger partial charge on any atom is 0.257 e. The lowest BCUT2D eigenvalue weighted by Gasteiger charge is -2.04. The van der Waals surface area contributed by atoms with E-state index >= 15 is 0 Å². The summed E-state index contributed by atoms with van der Waals surface area (Å²) < 4.78 is 24.2. The Morgan fingerprint density at radius 3 is 2.71 bits per heavy atom. The summed E-state index contributed by atoms with van der Waals surface area (Å²) in [6.45, 7) is 0. The molecule has 0 bridgehead atoms. The molecule has 1 amide bonds. The number of hydrogen-bond acceptors (Lipinski definition) is 6. The maximum atomic E-state index is 12.3. The molecular formula is C15H11BrN2O3S3. The normalized spacial score (nSPS) is 11.4. The molecule has 1 aromatic carbocycles. The lowest BCUT2D eigenvalue weighted by molar-refractivity contribution is 0.102. The predicted molar refractivity (Wildman–Crippen MR) is 101 cm³/mol. The SMILES string of the molecule is CS(=O)(=O)c1cccc(C(=O)Nc2nc(-c3ccc(Br)s3)cs2)c1. The second kappa shape index (κ2) is 6.75. The zero-order chi connectivity index (χ0) is 17.3. The lowest BCUT2D eigenvalue weighted by atomic mass is 10.2. The lowest BCUT2D eigenvalue weighted by Crippen LogP contribution is -2.12. The Bertz CT molecular complexity index is 1010. The van der Waals surface area contributed by atoms with Crippen LogP contribution in [0.5, 0.6) is 0 Å². The molecule has 3 rings (SSSR count).